The highest BCUT2D eigenvalue weighted by molar-refractivity contribution is 5.59. The van der Waals surface area contributed by atoms with Crippen LogP contribution in [0.25, 0.3) is 0 Å². The van der Waals surface area contributed by atoms with E-state index in [1.54, 1.807) is 6.26 Å². The molecule has 2 heterocycles. The van der Waals surface area contributed by atoms with Gasteiger partial charge in [-0.05, 0) is 26.0 Å². The van der Waals surface area contributed by atoms with E-state index in [1.165, 1.54) is 0 Å². The Morgan fingerprint density at radius 1 is 1.56 bits per heavy atom. The number of hydrogen-bond acceptors (Lipinski definition) is 4. The Labute approximate surface area is 94.2 Å². The average molecular weight is 220 g/mol. The molecule has 2 aromatic heterocycles. The van der Waals surface area contributed by atoms with Crippen LogP contribution in [0.2, 0.25) is 0 Å². The Bertz CT molecular complexity index is 445. The molecule has 0 amide bonds. The van der Waals surface area contributed by atoms with Crippen molar-refractivity contribution in [1.82, 2.24) is 9.78 Å². The van der Waals surface area contributed by atoms with Crippen LogP contribution in [0.4, 0.5) is 11.5 Å². The maximum atomic E-state index is 5.84. The molecular weight excluding hydrogens is 204 g/mol. The Morgan fingerprint density at radius 3 is 2.94 bits per heavy atom. The number of rotatable bonds is 4. The van der Waals surface area contributed by atoms with Crippen LogP contribution in [-0.2, 0) is 6.54 Å². The van der Waals surface area contributed by atoms with Crippen molar-refractivity contribution in [3.63, 3.8) is 0 Å². The zero-order chi connectivity index (χ0) is 11.5. The molecule has 0 atom stereocenters. The number of nitrogen functional groups attached to an aromatic ring is 1. The van der Waals surface area contributed by atoms with Gasteiger partial charge < -0.3 is 15.5 Å². The SMILES string of the molecule is CC(C)n1cc(N)c(NCc2ccco2)n1. The lowest BCUT2D eigenvalue weighted by molar-refractivity contribution is 0.515. The molecule has 0 bridgehead atoms. The van der Waals surface area contributed by atoms with Gasteiger partial charge in [0.05, 0.1) is 24.7 Å². The summed E-state index contributed by atoms with van der Waals surface area (Å²) in [6.07, 6.45) is 3.47. The van der Waals surface area contributed by atoms with Gasteiger partial charge in [0.2, 0.25) is 0 Å². The molecule has 2 rings (SSSR count). The first-order valence-corrected chi connectivity index (χ1v) is 5.27. The maximum absolute atomic E-state index is 5.84. The number of hydrogen-bond donors (Lipinski definition) is 2. The van der Waals surface area contributed by atoms with E-state index in [2.05, 4.69) is 24.3 Å². The summed E-state index contributed by atoms with van der Waals surface area (Å²) < 4.78 is 7.04. The van der Waals surface area contributed by atoms with Crippen LogP contribution in [0.15, 0.2) is 29.0 Å². The van der Waals surface area contributed by atoms with Crippen molar-refractivity contribution >= 4 is 11.5 Å². The van der Waals surface area contributed by atoms with Crippen molar-refractivity contribution in [3.8, 4) is 0 Å². The van der Waals surface area contributed by atoms with Gasteiger partial charge in [-0.1, -0.05) is 0 Å². The Hall–Kier alpha value is -1.91. The number of furan rings is 1. The van der Waals surface area contributed by atoms with Gasteiger partial charge in [-0.2, -0.15) is 5.10 Å². The molecule has 0 aromatic carbocycles. The molecule has 5 nitrogen and oxygen atoms in total. The van der Waals surface area contributed by atoms with Gasteiger partial charge >= 0.3 is 0 Å². The first-order valence-electron chi connectivity index (χ1n) is 5.27. The van der Waals surface area contributed by atoms with Gasteiger partial charge in [-0.15, -0.1) is 0 Å². The molecule has 2 aromatic rings. The summed E-state index contributed by atoms with van der Waals surface area (Å²) in [6.45, 7) is 4.71. The lowest BCUT2D eigenvalue weighted by Crippen LogP contribution is -2.04. The second kappa shape index (κ2) is 4.30. The van der Waals surface area contributed by atoms with E-state index in [0.717, 1.165) is 5.76 Å². The highest BCUT2D eigenvalue weighted by Crippen LogP contribution is 2.18. The van der Waals surface area contributed by atoms with E-state index in [9.17, 15) is 0 Å². The molecule has 0 saturated heterocycles. The third-order valence-corrected chi connectivity index (χ3v) is 2.30. The third-order valence-electron chi connectivity index (χ3n) is 2.30. The fourth-order valence-electron chi connectivity index (χ4n) is 1.39. The molecule has 0 aliphatic rings. The molecule has 0 radical (unpaired) electrons. The first kappa shape index (κ1) is 10.6. The molecule has 0 aliphatic heterocycles. The normalized spacial score (nSPS) is 10.9. The largest absolute Gasteiger partial charge is 0.467 e. The van der Waals surface area contributed by atoms with Crippen LogP contribution >= 0.6 is 0 Å². The fraction of sp³-hybridized carbons (Fsp3) is 0.364. The molecule has 0 aliphatic carbocycles. The first-order chi connectivity index (χ1) is 7.66. The lowest BCUT2D eigenvalue weighted by Gasteiger charge is -2.04. The second-order valence-electron chi connectivity index (χ2n) is 3.94. The fourth-order valence-corrected chi connectivity index (χ4v) is 1.39. The summed E-state index contributed by atoms with van der Waals surface area (Å²) in [6, 6.07) is 4.07. The zero-order valence-electron chi connectivity index (χ0n) is 9.47. The Morgan fingerprint density at radius 2 is 2.38 bits per heavy atom. The van der Waals surface area contributed by atoms with E-state index in [4.69, 9.17) is 10.2 Å². The molecular formula is C11H16N4O. The third kappa shape index (κ3) is 2.18. The molecule has 0 saturated carbocycles. The molecule has 0 fully saturated rings. The van der Waals surface area contributed by atoms with Gasteiger partial charge in [0.15, 0.2) is 5.82 Å². The van der Waals surface area contributed by atoms with Crippen molar-refractivity contribution in [1.29, 1.82) is 0 Å². The van der Waals surface area contributed by atoms with Crippen LogP contribution in [0, 0.1) is 0 Å². The summed E-state index contributed by atoms with van der Waals surface area (Å²) in [4.78, 5) is 0. The quantitative estimate of drug-likeness (QED) is 0.829. The number of nitrogens with one attached hydrogen (secondary N) is 1. The lowest BCUT2D eigenvalue weighted by atomic mass is 10.4. The van der Waals surface area contributed by atoms with Gasteiger partial charge in [0.25, 0.3) is 0 Å². The minimum atomic E-state index is 0.307. The maximum Gasteiger partial charge on any atom is 0.171 e. The van der Waals surface area contributed by atoms with Crippen molar-refractivity contribution in [2.45, 2.75) is 26.4 Å². The van der Waals surface area contributed by atoms with E-state index < -0.39 is 0 Å². The van der Waals surface area contributed by atoms with Crippen molar-refractivity contribution in [3.05, 3.63) is 30.4 Å². The van der Waals surface area contributed by atoms with Crippen LogP contribution in [0.1, 0.15) is 25.6 Å². The summed E-state index contributed by atoms with van der Waals surface area (Å²) in [5.74, 6) is 1.56. The number of anilines is 2. The van der Waals surface area contributed by atoms with Crippen LogP contribution in [0.5, 0.6) is 0 Å². The van der Waals surface area contributed by atoms with E-state index in [1.807, 2.05) is 23.0 Å². The van der Waals surface area contributed by atoms with Crippen molar-refractivity contribution in [2.75, 3.05) is 11.1 Å². The van der Waals surface area contributed by atoms with Crippen LogP contribution in [-0.4, -0.2) is 9.78 Å². The van der Waals surface area contributed by atoms with Crippen molar-refractivity contribution < 1.29 is 4.42 Å². The predicted molar refractivity (Wildman–Crippen MR) is 63.1 cm³/mol. The second-order valence-corrected chi connectivity index (χ2v) is 3.94. The average Bonchev–Trinajstić information content (AvgIpc) is 2.84. The highest BCUT2D eigenvalue weighted by atomic mass is 16.3. The topological polar surface area (TPSA) is 69.0 Å². The molecule has 86 valence electrons. The molecule has 16 heavy (non-hydrogen) atoms. The minimum Gasteiger partial charge on any atom is -0.467 e. The number of aromatic nitrogens is 2. The van der Waals surface area contributed by atoms with Gasteiger partial charge in [-0.25, -0.2) is 0 Å². The molecule has 0 spiro atoms. The molecule has 0 unspecified atom stereocenters. The van der Waals surface area contributed by atoms with Crippen LogP contribution in [0.3, 0.4) is 0 Å². The van der Waals surface area contributed by atoms with E-state index in [0.29, 0.717) is 24.1 Å². The minimum absolute atomic E-state index is 0.307. The molecule has 3 N–H and O–H groups in total. The van der Waals surface area contributed by atoms with Gasteiger partial charge in [0.1, 0.15) is 5.76 Å². The van der Waals surface area contributed by atoms with E-state index in [-0.39, 0.29) is 0 Å². The Balaban J connectivity index is 2.04. The summed E-state index contributed by atoms with van der Waals surface area (Å²) in [7, 11) is 0. The van der Waals surface area contributed by atoms with Crippen molar-refractivity contribution in [2.24, 2.45) is 0 Å². The van der Waals surface area contributed by atoms with Gasteiger partial charge in [-0.3, -0.25) is 4.68 Å². The monoisotopic (exact) mass is 220 g/mol. The van der Waals surface area contributed by atoms with E-state index >= 15 is 0 Å². The number of nitrogens with zero attached hydrogens (tertiary/aromatic N) is 2. The van der Waals surface area contributed by atoms with Gasteiger partial charge in [0, 0.05) is 6.04 Å². The summed E-state index contributed by atoms with van der Waals surface area (Å²) in [5.41, 5.74) is 6.50. The summed E-state index contributed by atoms with van der Waals surface area (Å²) in [5, 5.41) is 7.49. The molecule has 5 heteroatoms. The van der Waals surface area contributed by atoms with Crippen LogP contribution < -0.4 is 11.1 Å². The highest BCUT2D eigenvalue weighted by Gasteiger charge is 2.07. The summed E-state index contributed by atoms with van der Waals surface area (Å²) >= 11 is 0. The standard InChI is InChI=1S/C11H16N4O/c1-8(2)15-7-10(12)11(14-15)13-6-9-4-3-5-16-9/h3-5,7-8H,6,12H2,1-2H3,(H,13,14). The Kier molecular flexibility index (Phi) is 2.85. The zero-order valence-corrected chi connectivity index (χ0v) is 9.47. The number of nitrogens with two attached hydrogens (primary N) is 1. The predicted octanol–water partition coefficient (Wildman–Crippen LogP) is 2.25. The smallest absolute Gasteiger partial charge is 0.171 e.